The van der Waals surface area contributed by atoms with Gasteiger partial charge >= 0.3 is 0 Å². The number of allylic oxidation sites excluding steroid dienone is 2. The lowest BCUT2D eigenvalue weighted by molar-refractivity contribution is -0.135. The zero-order chi connectivity index (χ0) is 12.9. The van der Waals surface area contributed by atoms with Crippen LogP contribution in [0, 0.1) is 0 Å². The zero-order valence-corrected chi connectivity index (χ0v) is 10.2. The number of carbonyl (C=O) groups excluding carboxylic acids is 3. The quantitative estimate of drug-likeness (QED) is 0.340. The number of carbonyl (C=O) groups is 3. The molecule has 1 saturated heterocycles. The van der Waals surface area contributed by atoms with Crippen LogP contribution in [-0.4, -0.2) is 53.5 Å². The SMILES string of the molecule is CN1CC2CCCN2C(=O)C2=C1C=CC(=O)C2=O. The zero-order valence-electron chi connectivity index (χ0n) is 10.2. The molecule has 0 aromatic rings. The van der Waals surface area contributed by atoms with E-state index in [0.717, 1.165) is 19.4 Å². The van der Waals surface area contributed by atoms with E-state index in [1.807, 2.05) is 11.9 Å². The van der Waals surface area contributed by atoms with Crippen molar-refractivity contribution in [3.05, 3.63) is 23.4 Å². The fourth-order valence-corrected chi connectivity index (χ4v) is 2.93. The van der Waals surface area contributed by atoms with Gasteiger partial charge in [-0.15, -0.1) is 0 Å². The number of Topliss-reactive ketones (excluding diaryl/α,β-unsaturated/α-hetero) is 1. The van der Waals surface area contributed by atoms with Crippen LogP contribution in [0.15, 0.2) is 23.4 Å². The number of rotatable bonds is 0. The van der Waals surface area contributed by atoms with E-state index in [0.29, 0.717) is 12.2 Å². The van der Waals surface area contributed by atoms with Crippen molar-refractivity contribution in [2.45, 2.75) is 18.9 Å². The molecular formula is C13H14N2O3. The van der Waals surface area contributed by atoms with Crippen molar-refractivity contribution < 1.29 is 14.4 Å². The number of nitrogens with zero attached hydrogens (tertiary/aromatic N) is 2. The summed E-state index contributed by atoms with van der Waals surface area (Å²) in [6.07, 6.45) is 4.76. The van der Waals surface area contributed by atoms with Crippen LogP contribution in [0.1, 0.15) is 12.8 Å². The van der Waals surface area contributed by atoms with Gasteiger partial charge in [-0.05, 0) is 25.0 Å². The van der Waals surface area contributed by atoms with E-state index in [4.69, 9.17) is 0 Å². The molecule has 94 valence electrons. The van der Waals surface area contributed by atoms with Crippen LogP contribution in [0.3, 0.4) is 0 Å². The number of fused-ring (bicyclic) bond motifs is 1. The lowest BCUT2D eigenvalue weighted by Gasteiger charge is -2.25. The number of amides is 1. The molecule has 0 N–H and O–H groups in total. The monoisotopic (exact) mass is 246 g/mol. The van der Waals surface area contributed by atoms with E-state index < -0.39 is 11.6 Å². The molecule has 5 heteroatoms. The Morgan fingerprint density at radius 2 is 2.00 bits per heavy atom. The Labute approximate surface area is 105 Å². The lowest BCUT2D eigenvalue weighted by atomic mass is 9.98. The van der Waals surface area contributed by atoms with E-state index in [2.05, 4.69) is 0 Å². The molecule has 18 heavy (non-hydrogen) atoms. The van der Waals surface area contributed by atoms with E-state index in [9.17, 15) is 14.4 Å². The van der Waals surface area contributed by atoms with Crippen molar-refractivity contribution in [3.63, 3.8) is 0 Å². The Morgan fingerprint density at radius 1 is 1.22 bits per heavy atom. The van der Waals surface area contributed by atoms with Crippen molar-refractivity contribution in [3.8, 4) is 0 Å². The van der Waals surface area contributed by atoms with Gasteiger partial charge in [0, 0.05) is 26.2 Å². The molecular weight excluding hydrogens is 232 g/mol. The van der Waals surface area contributed by atoms with Gasteiger partial charge < -0.3 is 9.80 Å². The van der Waals surface area contributed by atoms with Crippen molar-refractivity contribution >= 4 is 17.5 Å². The number of hydrogen-bond donors (Lipinski definition) is 0. The summed E-state index contributed by atoms with van der Waals surface area (Å²) in [4.78, 5) is 39.4. The molecule has 3 rings (SSSR count). The van der Waals surface area contributed by atoms with Gasteiger partial charge in [0.2, 0.25) is 11.6 Å². The summed E-state index contributed by atoms with van der Waals surface area (Å²) < 4.78 is 0. The predicted octanol–water partition coefficient (Wildman–Crippen LogP) is -0.115. The Balaban J connectivity index is 2.11. The Hall–Kier alpha value is -1.91. The van der Waals surface area contributed by atoms with Gasteiger partial charge in [0.15, 0.2) is 0 Å². The molecule has 2 heterocycles. The van der Waals surface area contributed by atoms with Gasteiger partial charge in [-0.25, -0.2) is 0 Å². The minimum atomic E-state index is -0.670. The first-order valence-corrected chi connectivity index (χ1v) is 6.12. The number of likely N-dealkylation sites (N-methyl/N-ethyl adjacent to an activating group) is 1. The van der Waals surface area contributed by atoms with Crippen LogP contribution in [0.5, 0.6) is 0 Å². The summed E-state index contributed by atoms with van der Waals surface area (Å²) in [7, 11) is 1.86. The second-order valence-corrected chi connectivity index (χ2v) is 4.96. The Kier molecular flexibility index (Phi) is 2.36. The summed E-state index contributed by atoms with van der Waals surface area (Å²) >= 11 is 0. The maximum atomic E-state index is 12.4. The average molecular weight is 246 g/mol. The summed E-state index contributed by atoms with van der Waals surface area (Å²) in [5, 5.41) is 0. The summed E-state index contributed by atoms with van der Waals surface area (Å²) in [5.41, 5.74) is 0.633. The Bertz CT molecular complexity index is 518. The highest BCUT2D eigenvalue weighted by molar-refractivity contribution is 6.53. The molecule has 0 radical (unpaired) electrons. The average Bonchev–Trinajstić information content (AvgIpc) is 2.76. The highest BCUT2D eigenvalue weighted by Gasteiger charge is 2.41. The molecule has 2 aliphatic heterocycles. The second kappa shape index (κ2) is 3.80. The van der Waals surface area contributed by atoms with E-state index >= 15 is 0 Å². The van der Waals surface area contributed by atoms with Crippen molar-refractivity contribution in [1.82, 2.24) is 9.80 Å². The maximum absolute atomic E-state index is 12.4. The van der Waals surface area contributed by atoms with Gasteiger partial charge in [-0.2, -0.15) is 0 Å². The fourth-order valence-electron chi connectivity index (χ4n) is 2.93. The van der Waals surface area contributed by atoms with Crippen LogP contribution in [0.4, 0.5) is 0 Å². The molecule has 1 unspecified atom stereocenters. The van der Waals surface area contributed by atoms with Crippen LogP contribution < -0.4 is 0 Å². The molecule has 5 nitrogen and oxygen atoms in total. The third kappa shape index (κ3) is 1.43. The highest BCUT2D eigenvalue weighted by Crippen LogP contribution is 2.29. The standard InChI is InChI=1S/C13H14N2O3/c1-14-7-8-3-2-6-15(8)13(18)11-9(14)4-5-10(16)12(11)17/h4-5,8H,2-3,6-7H2,1H3. The summed E-state index contributed by atoms with van der Waals surface area (Å²) in [6, 6.07) is 0.157. The number of ketones is 2. The Morgan fingerprint density at radius 3 is 2.78 bits per heavy atom. The minimum absolute atomic E-state index is 0.0504. The van der Waals surface area contributed by atoms with Crippen LogP contribution >= 0.6 is 0 Å². The maximum Gasteiger partial charge on any atom is 0.260 e. The number of hydrogen-bond acceptors (Lipinski definition) is 4. The highest BCUT2D eigenvalue weighted by atomic mass is 16.2. The molecule has 0 saturated carbocycles. The van der Waals surface area contributed by atoms with Gasteiger partial charge in [-0.1, -0.05) is 0 Å². The molecule has 1 aliphatic carbocycles. The van der Waals surface area contributed by atoms with Gasteiger partial charge in [-0.3, -0.25) is 14.4 Å². The second-order valence-electron chi connectivity index (χ2n) is 4.96. The van der Waals surface area contributed by atoms with Crippen LogP contribution in [-0.2, 0) is 14.4 Å². The third-order valence-corrected chi connectivity index (χ3v) is 3.85. The molecule has 0 aromatic heterocycles. The van der Waals surface area contributed by atoms with Crippen LogP contribution in [0.2, 0.25) is 0 Å². The summed E-state index contributed by atoms with van der Waals surface area (Å²) in [5.74, 6) is -1.55. The first-order valence-electron chi connectivity index (χ1n) is 6.12. The molecule has 3 aliphatic rings. The molecule has 1 fully saturated rings. The smallest absolute Gasteiger partial charge is 0.260 e. The van der Waals surface area contributed by atoms with Crippen molar-refractivity contribution in [1.29, 1.82) is 0 Å². The molecule has 1 atom stereocenters. The molecule has 0 spiro atoms. The van der Waals surface area contributed by atoms with E-state index in [1.54, 1.807) is 11.0 Å². The molecule has 1 amide bonds. The first kappa shape index (κ1) is 11.2. The summed E-state index contributed by atoms with van der Waals surface area (Å²) in [6.45, 7) is 1.40. The van der Waals surface area contributed by atoms with Gasteiger partial charge in [0.05, 0.1) is 5.70 Å². The van der Waals surface area contributed by atoms with E-state index in [-0.39, 0.29) is 17.5 Å². The minimum Gasteiger partial charge on any atom is -0.372 e. The van der Waals surface area contributed by atoms with Crippen LogP contribution in [0.25, 0.3) is 0 Å². The third-order valence-electron chi connectivity index (χ3n) is 3.85. The largest absolute Gasteiger partial charge is 0.372 e. The topological polar surface area (TPSA) is 57.7 Å². The normalized spacial score (nSPS) is 27.6. The predicted molar refractivity (Wildman–Crippen MR) is 63.5 cm³/mol. The lowest BCUT2D eigenvalue weighted by Crippen LogP contribution is -2.40. The molecule has 0 bridgehead atoms. The van der Waals surface area contributed by atoms with Crippen molar-refractivity contribution in [2.75, 3.05) is 20.1 Å². The molecule has 0 aromatic carbocycles. The fraction of sp³-hybridized carbons (Fsp3) is 0.462. The van der Waals surface area contributed by atoms with E-state index in [1.165, 1.54) is 6.08 Å². The van der Waals surface area contributed by atoms with Gasteiger partial charge in [0.25, 0.3) is 5.91 Å². The first-order chi connectivity index (χ1) is 8.59. The van der Waals surface area contributed by atoms with Crippen molar-refractivity contribution in [2.24, 2.45) is 0 Å². The van der Waals surface area contributed by atoms with Gasteiger partial charge in [0.1, 0.15) is 5.57 Å².